The van der Waals surface area contributed by atoms with Crippen LogP contribution < -0.4 is 20.1 Å². The van der Waals surface area contributed by atoms with E-state index in [-0.39, 0.29) is 5.56 Å². The fourth-order valence-corrected chi connectivity index (χ4v) is 4.25. The van der Waals surface area contributed by atoms with E-state index in [0.29, 0.717) is 23.7 Å². The van der Waals surface area contributed by atoms with E-state index in [2.05, 4.69) is 10.6 Å². The lowest BCUT2D eigenvalue weighted by molar-refractivity contribution is 0.0594. The number of anilines is 2. The van der Waals surface area contributed by atoms with Crippen LogP contribution in [-0.4, -0.2) is 25.7 Å². The zero-order chi connectivity index (χ0) is 25.6. The van der Waals surface area contributed by atoms with Crippen LogP contribution in [0.2, 0.25) is 0 Å². The fraction of sp³-hybridized carbons (Fsp3) is 0.133. The van der Waals surface area contributed by atoms with E-state index in [1.807, 2.05) is 72.8 Å². The minimum atomic E-state index is -0.572. The second kappa shape index (κ2) is 10.9. The normalized spacial score (nSPS) is 11.8. The topological polar surface area (TPSA) is 85.9 Å². The van der Waals surface area contributed by atoms with Crippen LogP contribution >= 0.6 is 0 Å². The Bertz CT molecular complexity index is 1370. The molecule has 4 aromatic rings. The number of methoxy groups -OCH3 is 1. The van der Waals surface area contributed by atoms with Gasteiger partial charge in [-0.2, -0.15) is 0 Å². The monoisotopic (exact) mass is 494 g/mol. The van der Waals surface area contributed by atoms with Crippen molar-refractivity contribution in [3.05, 3.63) is 119 Å². The summed E-state index contributed by atoms with van der Waals surface area (Å²) in [7, 11) is 1.31. The van der Waals surface area contributed by atoms with Crippen molar-refractivity contribution in [3.63, 3.8) is 0 Å². The van der Waals surface area contributed by atoms with Gasteiger partial charge < -0.3 is 24.8 Å². The maximum absolute atomic E-state index is 12.7. The van der Waals surface area contributed by atoms with Crippen LogP contribution in [0.4, 0.5) is 16.2 Å². The average Bonchev–Trinajstić information content (AvgIpc) is 3.41. The van der Waals surface area contributed by atoms with Crippen LogP contribution in [0.15, 0.2) is 97.1 Å². The Morgan fingerprint density at radius 1 is 0.811 bits per heavy atom. The van der Waals surface area contributed by atoms with Crippen molar-refractivity contribution in [1.82, 2.24) is 0 Å². The molecule has 4 aromatic carbocycles. The average molecular weight is 495 g/mol. The van der Waals surface area contributed by atoms with Gasteiger partial charge in [-0.05, 0) is 53.1 Å². The second-order valence-electron chi connectivity index (χ2n) is 8.52. The van der Waals surface area contributed by atoms with Crippen molar-refractivity contribution in [1.29, 1.82) is 0 Å². The minimum Gasteiger partial charge on any atom is -0.493 e. The summed E-state index contributed by atoms with van der Waals surface area (Å²) >= 11 is 0. The molecule has 0 atom stereocenters. The molecule has 0 saturated heterocycles. The highest BCUT2D eigenvalue weighted by Gasteiger charge is 2.21. The van der Waals surface area contributed by atoms with E-state index in [1.165, 1.54) is 7.11 Å². The summed E-state index contributed by atoms with van der Waals surface area (Å²) in [5.74, 6) is 0.611. The summed E-state index contributed by atoms with van der Waals surface area (Å²) in [4.78, 5) is 25.3. The summed E-state index contributed by atoms with van der Waals surface area (Å²) in [5, 5.41) is 5.60. The number of esters is 1. The highest BCUT2D eigenvalue weighted by Crippen LogP contribution is 2.33. The van der Waals surface area contributed by atoms with Crippen LogP contribution in [0.5, 0.6) is 11.5 Å². The molecule has 0 aromatic heterocycles. The Labute approximate surface area is 215 Å². The van der Waals surface area contributed by atoms with Gasteiger partial charge in [-0.25, -0.2) is 9.59 Å². The van der Waals surface area contributed by atoms with Crippen LogP contribution in [-0.2, 0) is 11.2 Å². The van der Waals surface area contributed by atoms with Crippen molar-refractivity contribution >= 4 is 23.4 Å². The number of carbonyl (C=O) groups is 2. The number of hydrogen-bond donors (Lipinski definition) is 2. The fourth-order valence-electron chi connectivity index (χ4n) is 4.25. The molecule has 2 N–H and O–H groups in total. The molecule has 1 aliphatic heterocycles. The molecule has 37 heavy (non-hydrogen) atoms. The number of nitrogens with one attached hydrogen (secondary N) is 2. The van der Waals surface area contributed by atoms with Crippen molar-refractivity contribution in [2.75, 3.05) is 24.4 Å². The highest BCUT2D eigenvalue weighted by atomic mass is 16.5. The summed E-state index contributed by atoms with van der Waals surface area (Å²) in [5.41, 5.74) is 4.20. The first-order valence-electron chi connectivity index (χ1n) is 11.9. The summed E-state index contributed by atoms with van der Waals surface area (Å²) in [6, 6.07) is 29.5. The zero-order valence-electron chi connectivity index (χ0n) is 20.3. The van der Waals surface area contributed by atoms with Gasteiger partial charge in [-0.3, -0.25) is 0 Å². The Morgan fingerprint density at radius 2 is 1.43 bits per heavy atom. The number of urea groups is 1. The van der Waals surface area contributed by atoms with Crippen molar-refractivity contribution in [2.24, 2.45) is 0 Å². The van der Waals surface area contributed by atoms with Gasteiger partial charge in [0.1, 0.15) is 23.2 Å². The third-order valence-corrected chi connectivity index (χ3v) is 6.04. The minimum absolute atomic E-state index is 0.201. The number of rotatable bonds is 7. The third kappa shape index (κ3) is 5.56. The van der Waals surface area contributed by atoms with Crippen LogP contribution in [0.25, 0.3) is 0 Å². The molecule has 0 saturated carbocycles. The Hall–Kier alpha value is -4.78. The van der Waals surface area contributed by atoms with Gasteiger partial charge in [0, 0.05) is 17.8 Å². The van der Waals surface area contributed by atoms with E-state index in [1.54, 1.807) is 24.3 Å². The molecule has 1 heterocycles. The van der Waals surface area contributed by atoms with Gasteiger partial charge in [0.05, 0.1) is 13.7 Å². The van der Waals surface area contributed by atoms with Crippen molar-refractivity contribution < 1.29 is 23.8 Å². The van der Waals surface area contributed by atoms with Gasteiger partial charge in [0.15, 0.2) is 0 Å². The molecule has 7 heteroatoms. The molecular weight excluding hydrogens is 468 g/mol. The predicted octanol–water partition coefficient (Wildman–Crippen LogP) is 6.22. The molecule has 1 aliphatic rings. The second-order valence-corrected chi connectivity index (χ2v) is 8.52. The molecule has 0 unspecified atom stereocenters. The number of fused-ring (bicyclic) bond motifs is 1. The molecule has 0 radical (unpaired) electrons. The molecule has 186 valence electrons. The Morgan fingerprint density at radius 3 is 2.08 bits per heavy atom. The number of carbonyl (C=O) groups excluding carboxylic acids is 2. The first-order chi connectivity index (χ1) is 18.1. The number of hydrogen-bond acceptors (Lipinski definition) is 5. The lowest BCUT2D eigenvalue weighted by Gasteiger charge is -2.22. The standard InChI is InChI=1S/C30H26N2O5/c1-35-29(33)25-19-24(32-30(34)31-23-12-14-26-22(18-23)16-17-36-26)13-15-27(25)37-28(20-8-4-2-5-9-20)21-10-6-3-7-11-21/h2-15,18-19,28H,16-17H2,1H3,(H2,31,32,34). The van der Waals surface area contributed by atoms with E-state index >= 15 is 0 Å². The Balaban J connectivity index is 1.38. The molecule has 7 nitrogen and oxygen atoms in total. The first kappa shape index (κ1) is 23.9. The molecule has 0 spiro atoms. The number of benzene rings is 4. The van der Waals surface area contributed by atoms with Crippen molar-refractivity contribution in [3.8, 4) is 11.5 Å². The van der Waals surface area contributed by atoms with Crippen molar-refractivity contribution in [2.45, 2.75) is 12.5 Å². The summed E-state index contributed by atoms with van der Waals surface area (Å²) < 4.78 is 16.9. The molecule has 0 bridgehead atoms. The highest BCUT2D eigenvalue weighted by molar-refractivity contribution is 6.01. The quantitative estimate of drug-likeness (QED) is 0.298. The van der Waals surface area contributed by atoms with Crippen LogP contribution in [0, 0.1) is 0 Å². The molecule has 0 aliphatic carbocycles. The van der Waals surface area contributed by atoms with E-state index in [0.717, 1.165) is 28.9 Å². The lowest BCUT2D eigenvalue weighted by Crippen LogP contribution is -2.20. The van der Waals surface area contributed by atoms with E-state index in [4.69, 9.17) is 14.2 Å². The van der Waals surface area contributed by atoms with Gasteiger partial charge in [-0.15, -0.1) is 0 Å². The molecule has 0 fully saturated rings. The van der Waals surface area contributed by atoms with E-state index < -0.39 is 18.1 Å². The summed E-state index contributed by atoms with van der Waals surface area (Å²) in [6.45, 7) is 0.644. The molecule has 5 rings (SSSR count). The van der Waals surface area contributed by atoms with Gasteiger partial charge >= 0.3 is 12.0 Å². The lowest BCUT2D eigenvalue weighted by atomic mass is 10.0. The SMILES string of the molecule is COC(=O)c1cc(NC(=O)Nc2ccc3c(c2)CCO3)ccc1OC(c1ccccc1)c1ccccc1. The Kier molecular flexibility index (Phi) is 7.03. The van der Waals surface area contributed by atoms with Gasteiger partial charge in [0.2, 0.25) is 0 Å². The maximum atomic E-state index is 12.7. The largest absolute Gasteiger partial charge is 0.493 e. The van der Waals surface area contributed by atoms with Gasteiger partial charge in [-0.1, -0.05) is 60.7 Å². The molecular formula is C30H26N2O5. The van der Waals surface area contributed by atoms with Crippen LogP contribution in [0.1, 0.15) is 33.2 Å². The predicted molar refractivity (Wildman–Crippen MR) is 141 cm³/mol. The third-order valence-electron chi connectivity index (χ3n) is 6.04. The van der Waals surface area contributed by atoms with Gasteiger partial charge in [0.25, 0.3) is 0 Å². The maximum Gasteiger partial charge on any atom is 0.341 e. The first-order valence-corrected chi connectivity index (χ1v) is 11.9. The summed E-state index contributed by atoms with van der Waals surface area (Å²) in [6.07, 6.45) is 0.361. The number of ether oxygens (including phenoxy) is 3. The van der Waals surface area contributed by atoms with Crippen LogP contribution in [0.3, 0.4) is 0 Å². The number of amides is 2. The smallest absolute Gasteiger partial charge is 0.341 e. The van der Waals surface area contributed by atoms with E-state index in [9.17, 15) is 9.59 Å². The molecule has 2 amide bonds. The zero-order valence-corrected chi connectivity index (χ0v) is 20.3.